The molecule has 3 heterocycles. The van der Waals surface area contributed by atoms with Crippen LogP contribution in [0.4, 0.5) is 0 Å². The molecule has 4 rings (SSSR count). The minimum atomic E-state index is -0.476. The molecule has 0 aliphatic carbocycles. The van der Waals surface area contributed by atoms with E-state index in [9.17, 15) is 4.79 Å². The van der Waals surface area contributed by atoms with E-state index in [4.69, 9.17) is 9.47 Å². The van der Waals surface area contributed by atoms with Gasteiger partial charge in [-0.1, -0.05) is 18.2 Å². The third kappa shape index (κ3) is 3.52. The van der Waals surface area contributed by atoms with Crippen molar-refractivity contribution in [3.63, 3.8) is 0 Å². The number of fused-ring (bicyclic) bond motifs is 2. The third-order valence-corrected chi connectivity index (χ3v) is 5.29. The van der Waals surface area contributed by atoms with Crippen LogP contribution < -0.4 is 9.47 Å². The summed E-state index contributed by atoms with van der Waals surface area (Å²) in [5.41, 5.74) is 0. The molecule has 3 atom stereocenters. The highest BCUT2D eigenvalue weighted by Crippen LogP contribution is 2.37. The smallest absolute Gasteiger partial charge is 0.263 e. The summed E-state index contributed by atoms with van der Waals surface area (Å²) >= 11 is 0. The van der Waals surface area contributed by atoms with Crippen molar-refractivity contribution in [2.24, 2.45) is 0 Å². The van der Waals surface area contributed by atoms with Gasteiger partial charge in [-0.05, 0) is 44.0 Å². The number of carbonyl (C=O) groups excluding carboxylic acids is 1. The van der Waals surface area contributed by atoms with Gasteiger partial charge in [0, 0.05) is 31.1 Å². The van der Waals surface area contributed by atoms with Crippen LogP contribution in [-0.4, -0.2) is 40.1 Å². The first-order chi connectivity index (χ1) is 12.7. The topological polar surface area (TPSA) is 51.7 Å². The SMILES string of the molecule is CC(Oc1ccccc1)C(=O)N1C2CCC1CC(Oc1cccnc1)C2. The van der Waals surface area contributed by atoms with Gasteiger partial charge in [-0.15, -0.1) is 0 Å². The number of nitrogens with zero attached hydrogens (tertiary/aromatic N) is 2. The van der Waals surface area contributed by atoms with Gasteiger partial charge in [0.2, 0.25) is 0 Å². The Kier molecular flexibility index (Phi) is 4.78. The molecule has 1 amide bonds. The molecule has 0 radical (unpaired) electrons. The summed E-state index contributed by atoms with van der Waals surface area (Å²) in [7, 11) is 0. The van der Waals surface area contributed by atoms with Crippen LogP contribution in [0.3, 0.4) is 0 Å². The molecule has 26 heavy (non-hydrogen) atoms. The summed E-state index contributed by atoms with van der Waals surface area (Å²) in [5, 5.41) is 0. The van der Waals surface area contributed by atoms with E-state index in [2.05, 4.69) is 9.88 Å². The lowest BCUT2D eigenvalue weighted by molar-refractivity contribution is -0.144. The molecule has 136 valence electrons. The minimum Gasteiger partial charge on any atom is -0.489 e. The molecule has 2 aliphatic heterocycles. The Hall–Kier alpha value is -2.56. The Morgan fingerprint density at radius 1 is 1.08 bits per heavy atom. The maximum atomic E-state index is 13.0. The third-order valence-electron chi connectivity index (χ3n) is 5.29. The molecule has 0 spiro atoms. The van der Waals surface area contributed by atoms with E-state index < -0.39 is 6.10 Å². The highest BCUT2D eigenvalue weighted by molar-refractivity contribution is 5.82. The summed E-state index contributed by atoms with van der Waals surface area (Å²) in [6, 6.07) is 13.8. The molecule has 2 saturated heterocycles. The molecular weight excluding hydrogens is 328 g/mol. The van der Waals surface area contributed by atoms with E-state index in [0.717, 1.165) is 37.2 Å². The van der Waals surface area contributed by atoms with Crippen LogP contribution >= 0.6 is 0 Å². The first-order valence-electron chi connectivity index (χ1n) is 9.31. The highest BCUT2D eigenvalue weighted by atomic mass is 16.5. The highest BCUT2D eigenvalue weighted by Gasteiger charge is 2.45. The molecule has 5 nitrogen and oxygen atoms in total. The largest absolute Gasteiger partial charge is 0.489 e. The second-order valence-electron chi connectivity index (χ2n) is 7.10. The Balaban J connectivity index is 1.39. The lowest BCUT2D eigenvalue weighted by Crippen LogP contribution is -2.52. The van der Waals surface area contributed by atoms with Crippen molar-refractivity contribution in [3.8, 4) is 11.5 Å². The van der Waals surface area contributed by atoms with Gasteiger partial charge in [-0.3, -0.25) is 9.78 Å². The van der Waals surface area contributed by atoms with Crippen LogP contribution in [0, 0.1) is 0 Å². The second-order valence-corrected chi connectivity index (χ2v) is 7.10. The summed E-state index contributed by atoms with van der Waals surface area (Å²) < 4.78 is 11.9. The van der Waals surface area contributed by atoms with E-state index in [-0.39, 0.29) is 24.1 Å². The molecule has 5 heteroatoms. The molecule has 3 unspecified atom stereocenters. The average molecular weight is 352 g/mol. The van der Waals surface area contributed by atoms with Crippen molar-refractivity contribution >= 4 is 5.91 Å². The van der Waals surface area contributed by atoms with Gasteiger partial charge < -0.3 is 14.4 Å². The fraction of sp³-hybridized carbons (Fsp3) is 0.429. The fourth-order valence-electron chi connectivity index (χ4n) is 4.16. The lowest BCUT2D eigenvalue weighted by atomic mass is 9.99. The zero-order valence-electron chi connectivity index (χ0n) is 15.0. The van der Waals surface area contributed by atoms with Crippen molar-refractivity contribution in [2.75, 3.05) is 0 Å². The standard InChI is InChI=1S/C21H24N2O3/c1-15(25-18-6-3-2-4-7-18)21(24)23-16-9-10-17(23)13-20(12-16)26-19-8-5-11-22-14-19/h2-8,11,14-17,20H,9-10,12-13H2,1H3. The summed E-state index contributed by atoms with van der Waals surface area (Å²) in [5.74, 6) is 1.62. The Morgan fingerprint density at radius 2 is 1.77 bits per heavy atom. The average Bonchev–Trinajstić information content (AvgIpc) is 2.93. The first-order valence-corrected chi connectivity index (χ1v) is 9.31. The van der Waals surface area contributed by atoms with E-state index in [0.29, 0.717) is 0 Å². The van der Waals surface area contributed by atoms with Crippen molar-refractivity contribution in [1.82, 2.24) is 9.88 Å². The van der Waals surface area contributed by atoms with Crippen molar-refractivity contribution < 1.29 is 14.3 Å². The molecule has 0 saturated carbocycles. The first kappa shape index (κ1) is 16.9. The molecular formula is C21H24N2O3. The van der Waals surface area contributed by atoms with Gasteiger partial charge in [-0.25, -0.2) is 0 Å². The number of hydrogen-bond donors (Lipinski definition) is 0. The number of ether oxygens (including phenoxy) is 2. The van der Waals surface area contributed by atoms with Gasteiger partial charge in [0.25, 0.3) is 5.91 Å². The Bertz CT molecular complexity index is 723. The number of benzene rings is 1. The van der Waals surface area contributed by atoms with Crippen LogP contribution in [0.15, 0.2) is 54.9 Å². The molecule has 0 N–H and O–H groups in total. The normalized spacial score (nSPS) is 25.6. The van der Waals surface area contributed by atoms with Gasteiger partial charge in [0.1, 0.15) is 17.6 Å². The molecule has 1 aromatic heterocycles. The number of amides is 1. The monoisotopic (exact) mass is 352 g/mol. The number of carbonyl (C=O) groups is 1. The zero-order valence-corrected chi connectivity index (χ0v) is 15.0. The number of piperidine rings is 1. The lowest BCUT2D eigenvalue weighted by Gasteiger charge is -2.40. The molecule has 2 aliphatic rings. The van der Waals surface area contributed by atoms with Gasteiger partial charge in [0.15, 0.2) is 6.10 Å². The minimum absolute atomic E-state index is 0.0844. The molecule has 2 aromatic rings. The van der Waals surface area contributed by atoms with Gasteiger partial charge in [0.05, 0.1) is 6.20 Å². The Morgan fingerprint density at radius 3 is 2.42 bits per heavy atom. The molecule has 2 bridgehead atoms. The summed E-state index contributed by atoms with van der Waals surface area (Å²) in [4.78, 5) is 19.1. The van der Waals surface area contributed by atoms with E-state index >= 15 is 0 Å². The van der Waals surface area contributed by atoms with E-state index in [1.807, 2.05) is 49.4 Å². The summed E-state index contributed by atoms with van der Waals surface area (Å²) in [6.07, 6.45) is 6.98. The predicted molar refractivity (Wildman–Crippen MR) is 98.1 cm³/mol. The van der Waals surface area contributed by atoms with Crippen molar-refractivity contribution in [2.45, 2.75) is 56.9 Å². The molecule has 2 fully saturated rings. The quantitative estimate of drug-likeness (QED) is 0.827. The van der Waals surface area contributed by atoms with Crippen LogP contribution in [0.1, 0.15) is 32.6 Å². The van der Waals surface area contributed by atoms with Gasteiger partial charge >= 0.3 is 0 Å². The number of hydrogen-bond acceptors (Lipinski definition) is 4. The van der Waals surface area contributed by atoms with Crippen LogP contribution in [0.2, 0.25) is 0 Å². The number of aromatic nitrogens is 1. The number of rotatable bonds is 5. The van der Waals surface area contributed by atoms with Crippen molar-refractivity contribution in [1.29, 1.82) is 0 Å². The zero-order chi connectivity index (χ0) is 17.9. The maximum Gasteiger partial charge on any atom is 0.263 e. The van der Waals surface area contributed by atoms with Crippen LogP contribution in [0.5, 0.6) is 11.5 Å². The van der Waals surface area contributed by atoms with Crippen molar-refractivity contribution in [3.05, 3.63) is 54.9 Å². The van der Waals surface area contributed by atoms with E-state index in [1.54, 1.807) is 12.4 Å². The maximum absolute atomic E-state index is 13.0. The second kappa shape index (κ2) is 7.36. The van der Waals surface area contributed by atoms with Crippen LogP contribution in [-0.2, 0) is 4.79 Å². The van der Waals surface area contributed by atoms with Crippen LogP contribution in [0.25, 0.3) is 0 Å². The number of para-hydroxylation sites is 1. The fourth-order valence-corrected chi connectivity index (χ4v) is 4.16. The molecule has 1 aromatic carbocycles. The van der Waals surface area contributed by atoms with Gasteiger partial charge in [-0.2, -0.15) is 0 Å². The Labute approximate surface area is 153 Å². The number of pyridine rings is 1. The van der Waals surface area contributed by atoms with E-state index in [1.165, 1.54) is 0 Å². The summed E-state index contributed by atoms with van der Waals surface area (Å²) in [6.45, 7) is 1.84. The predicted octanol–water partition coefficient (Wildman–Crippen LogP) is 3.45.